The smallest absolute Gasteiger partial charge is 0.428 e. The molecule has 0 radical (unpaired) electrons. The Bertz CT molecular complexity index is 660. The van der Waals surface area contributed by atoms with Crippen LogP contribution in [-0.4, -0.2) is 28.8 Å². The summed E-state index contributed by atoms with van der Waals surface area (Å²) in [5, 5.41) is 17.5. The highest BCUT2D eigenvalue weighted by atomic mass is 35.5. The highest BCUT2D eigenvalue weighted by molar-refractivity contribution is 7.92. The predicted molar refractivity (Wildman–Crippen MR) is 59.1 cm³/mol. The highest BCUT2D eigenvalue weighted by Gasteiger charge is 2.53. The summed E-state index contributed by atoms with van der Waals surface area (Å²) in [7, 11) is -3.52. The lowest BCUT2D eigenvalue weighted by Crippen LogP contribution is -2.14. The molecule has 2 aliphatic heterocycles. The molecule has 3 rings (SSSR count). The minimum atomic E-state index is -3.52. The van der Waals surface area contributed by atoms with Gasteiger partial charge in [-0.3, -0.25) is 0 Å². The van der Waals surface area contributed by atoms with Crippen molar-refractivity contribution in [3.63, 3.8) is 0 Å². The minimum Gasteiger partial charge on any atom is -0.492 e. The molecule has 0 saturated heterocycles. The van der Waals surface area contributed by atoms with Crippen molar-refractivity contribution in [1.29, 1.82) is 0 Å². The number of rotatable bonds is 1. The zero-order valence-corrected chi connectivity index (χ0v) is 10.1. The third-order valence-corrected chi connectivity index (χ3v) is 5.33. The van der Waals surface area contributed by atoms with E-state index in [2.05, 4.69) is 4.84 Å². The van der Waals surface area contributed by atoms with Gasteiger partial charge in [-0.15, -0.1) is 4.73 Å². The van der Waals surface area contributed by atoms with Crippen LogP contribution in [0.2, 0.25) is 0 Å². The number of carbonyl (C=O) groups excluding carboxylic acids is 1. The summed E-state index contributed by atoms with van der Waals surface area (Å²) in [6, 6.07) is 0. The van der Waals surface area contributed by atoms with Crippen molar-refractivity contribution < 1.29 is 28.3 Å². The third kappa shape index (κ3) is 1.14. The first-order valence-corrected chi connectivity index (χ1v) is 6.79. The first-order valence-electron chi connectivity index (χ1n) is 4.81. The van der Waals surface area contributed by atoms with E-state index in [-0.39, 0.29) is 11.1 Å². The van der Waals surface area contributed by atoms with Gasteiger partial charge >= 0.3 is 5.43 Å². The van der Waals surface area contributed by atoms with Crippen LogP contribution in [-0.2, 0) is 9.84 Å². The largest absolute Gasteiger partial charge is 0.492 e. The summed E-state index contributed by atoms with van der Waals surface area (Å²) < 4.78 is 24.2. The van der Waals surface area contributed by atoms with E-state index in [1.165, 1.54) is 12.2 Å². The molecule has 3 heterocycles. The summed E-state index contributed by atoms with van der Waals surface area (Å²) in [6.07, 6.45) is 2.82. The molecule has 96 valence electrons. The van der Waals surface area contributed by atoms with Crippen LogP contribution < -0.4 is 4.84 Å². The predicted octanol–water partition coefficient (Wildman–Crippen LogP) is 0.767. The van der Waals surface area contributed by atoms with Gasteiger partial charge in [-0.2, -0.15) is 0 Å². The lowest BCUT2D eigenvalue weighted by Gasteiger charge is -2.07. The SMILES string of the molecule is O=C(Cl)On1c(O)c2c(c1O)C1C=CC2S1(=O)=O. The van der Waals surface area contributed by atoms with Gasteiger partial charge in [0.15, 0.2) is 9.84 Å². The molecule has 0 fully saturated rings. The van der Waals surface area contributed by atoms with Crippen molar-refractivity contribution in [2.75, 3.05) is 0 Å². The van der Waals surface area contributed by atoms with E-state index in [0.717, 1.165) is 0 Å². The Labute approximate surface area is 106 Å². The van der Waals surface area contributed by atoms with Crippen LogP contribution >= 0.6 is 11.6 Å². The maximum atomic E-state index is 11.9. The maximum absolute atomic E-state index is 11.9. The fourth-order valence-electron chi connectivity index (χ4n) is 2.38. The Morgan fingerprint density at radius 1 is 1.22 bits per heavy atom. The van der Waals surface area contributed by atoms with Crippen molar-refractivity contribution in [3.8, 4) is 11.8 Å². The van der Waals surface area contributed by atoms with Gasteiger partial charge in [0.05, 0.1) is 0 Å². The van der Waals surface area contributed by atoms with Crippen LogP contribution in [0.3, 0.4) is 0 Å². The fraction of sp³-hybridized carbons (Fsp3) is 0.222. The molecule has 18 heavy (non-hydrogen) atoms. The summed E-state index contributed by atoms with van der Waals surface area (Å²) in [6.45, 7) is 0. The van der Waals surface area contributed by atoms with Gasteiger partial charge < -0.3 is 15.1 Å². The molecule has 1 aromatic heterocycles. The topological polar surface area (TPSA) is 106 Å². The summed E-state index contributed by atoms with van der Waals surface area (Å²) in [5.74, 6) is -1.28. The fourth-order valence-corrected chi connectivity index (χ4v) is 4.51. The minimum absolute atomic E-state index is 0.0258. The van der Waals surface area contributed by atoms with Crippen molar-refractivity contribution >= 4 is 26.9 Å². The van der Waals surface area contributed by atoms with E-state index >= 15 is 0 Å². The van der Waals surface area contributed by atoms with Gasteiger partial charge in [0.25, 0.3) is 0 Å². The number of halogens is 1. The van der Waals surface area contributed by atoms with E-state index in [0.29, 0.717) is 4.73 Å². The Hall–Kier alpha value is -1.67. The Balaban J connectivity index is 2.24. The molecule has 2 unspecified atom stereocenters. The first-order chi connectivity index (χ1) is 8.35. The molecule has 0 amide bonds. The van der Waals surface area contributed by atoms with Crippen LogP contribution in [0.25, 0.3) is 0 Å². The van der Waals surface area contributed by atoms with Crippen LogP contribution in [0, 0.1) is 0 Å². The second kappa shape index (κ2) is 3.21. The molecule has 0 saturated carbocycles. The van der Waals surface area contributed by atoms with Crippen LogP contribution in [0.15, 0.2) is 12.2 Å². The molecule has 2 bridgehead atoms. The van der Waals surface area contributed by atoms with Crippen molar-refractivity contribution in [1.82, 2.24) is 4.73 Å². The van der Waals surface area contributed by atoms with E-state index in [1.807, 2.05) is 0 Å². The molecule has 0 aliphatic carbocycles. The second-order valence-corrected chi connectivity index (χ2v) is 6.42. The average Bonchev–Trinajstić information content (AvgIpc) is 2.79. The summed E-state index contributed by atoms with van der Waals surface area (Å²) >= 11 is 4.99. The van der Waals surface area contributed by atoms with Crippen LogP contribution in [0.4, 0.5) is 4.79 Å². The number of hydrogen-bond donors (Lipinski definition) is 2. The number of nitrogens with zero attached hydrogens (tertiary/aromatic N) is 1. The summed E-state index contributed by atoms with van der Waals surface area (Å²) in [4.78, 5) is 15.0. The van der Waals surface area contributed by atoms with Gasteiger partial charge in [-0.1, -0.05) is 12.2 Å². The second-order valence-electron chi connectivity index (χ2n) is 3.91. The van der Waals surface area contributed by atoms with E-state index < -0.39 is 37.5 Å². The lowest BCUT2D eigenvalue weighted by atomic mass is 10.0. The number of sulfone groups is 1. The van der Waals surface area contributed by atoms with Crippen molar-refractivity contribution in [2.45, 2.75) is 10.5 Å². The number of aromatic hydroxyl groups is 2. The third-order valence-electron chi connectivity index (χ3n) is 3.06. The van der Waals surface area contributed by atoms with Gasteiger partial charge in [0.2, 0.25) is 11.8 Å². The molecule has 2 aliphatic rings. The Morgan fingerprint density at radius 2 is 1.67 bits per heavy atom. The first kappa shape index (κ1) is 11.4. The molecule has 9 heteroatoms. The van der Waals surface area contributed by atoms with Crippen LogP contribution in [0.1, 0.15) is 21.6 Å². The monoisotopic (exact) mass is 291 g/mol. The van der Waals surface area contributed by atoms with Crippen molar-refractivity contribution in [3.05, 3.63) is 23.3 Å². The van der Waals surface area contributed by atoms with E-state index in [9.17, 15) is 23.4 Å². The standard InChI is InChI=1S/C9H6ClNO6S/c10-9(14)17-11-7(12)5-3-1-2-4(18(3,15)16)6(5)8(11)13/h1-4,12-13H. The molecule has 2 N–H and O–H groups in total. The molecular weight excluding hydrogens is 286 g/mol. The highest BCUT2D eigenvalue weighted by Crippen LogP contribution is 2.58. The van der Waals surface area contributed by atoms with Crippen LogP contribution in [0.5, 0.6) is 11.8 Å². The molecule has 0 spiro atoms. The Kier molecular flexibility index (Phi) is 2.04. The van der Waals surface area contributed by atoms with E-state index in [4.69, 9.17) is 11.6 Å². The molecular formula is C9H6ClNO6S. The maximum Gasteiger partial charge on any atom is 0.428 e. The number of hydrogen-bond acceptors (Lipinski definition) is 6. The zero-order valence-electron chi connectivity index (χ0n) is 8.57. The Morgan fingerprint density at radius 3 is 2.06 bits per heavy atom. The van der Waals surface area contributed by atoms with Gasteiger partial charge in [0.1, 0.15) is 10.5 Å². The normalized spacial score (nSPS) is 26.3. The van der Waals surface area contributed by atoms with Crippen molar-refractivity contribution in [2.24, 2.45) is 0 Å². The molecule has 0 aromatic carbocycles. The van der Waals surface area contributed by atoms with Gasteiger partial charge in [-0.25, -0.2) is 13.2 Å². The molecule has 7 nitrogen and oxygen atoms in total. The number of fused-ring (bicyclic) bond motifs is 5. The zero-order chi connectivity index (χ0) is 13.2. The van der Waals surface area contributed by atoms with Gasteiger partial charge in [-0.05, 0) is 0 Å². The average molecular weight is 292 g/mol. The molecule has 2 atom stereocenters. The summed E-state index contributed by atoms with van der Waals surface area (Å²) in [5.41, 5.74) is -1.21. The number of carbonyl (C=O) groups is 1. The molecule has 1 aromatic rings. The van der Waals surface area contributed by atoms with Gasteiger partial charge in [0, 0.05) is 22.7 Å². The quantitative estimate of drug-likeness (QED) is 0.585. The number of aromatic nitrogens is 1. The lowest BCUT2D eigenvalue weighted by molar-refractivity contribution is 0.129. The van der Waals surface area contributed by atoms with E-state index in [1.54, 1.807) is 0 Å².